The molecule has 2 N–H and O–H groups in total. The predicted molar refractivity (Wildman–Crippen MR) is 97.2 cm³/mol. The number of carbonyl (C=O) groups excluding carboxylic acids is 1. The molecule has 124 valence electrons. The highest BCUT2D eigenvalue weighted by atomic mass is 16.6. The molecule has 1 amide bonds. The van der Waals surface area contributed by atoms with Crippen molar-refractivity contribution >= 4 is 17.5 Å². The summed E-state index contributed by atoms with van der Waals surface area (Å²) >= 11 is 0. The normalized spacial score (nSPS) is 14.2. The molecule has 1 saturated heterocycles. The van der Waals surface area contributed by atoms with E-state index < -0.39 is 0 Å². The number of hydrogen-bond donors (Lipinski definition) is 1. The van der Waals surface area contributed by atoms with Crippen LogP contribution in [-0.2, 0) is 4.74 Å². The smallest absolute Gasteiger partial charge is 0.410 e. The van der Waals surface area contributed by atoms with Crippen LogP contribution < -0.4 is 5.73 Å². The molecule has 0 radical (unpaired) electrons. The number of benzene rings is 2. The van der Waals surface area contributed by atoms with E-state index in [-0.39, 0.29) is 6.09 Å². The molecule has 24 heavy (non-hydrogen) atoms. The maximum Gasteiger partial charge on any atom is 0.415 e. The van der Waals surface area contributed by atoms with E-state index in [2.05, 4.69) is 6.58 Å². The van der Waals surface area contributed by atoms with Gasteiger partial charge in [0.05, 0.1) is 0 Å². The second kappa shape index (κ2) is 7.21. The largest absolute Gasteiger partial charge is 0.415 e. The second-order valence-corrected chi connectivity index (χ2v) is 6.05. The molecule has 2 aromatic rings. The Labute approximate surface area is 142 Å². The molecule has 0 bridgehead atoms. The fourth-order valence-electron chi connectivity index (χ4n) is 2.90. The maximum atomic E-state index is 12.2. The fraction of sp³-hybridized carbons (Fsp3) is 0.250. The molecular formula is C20H22N2O2. The Kier molecular flexibility index (Phi) is 4.85. The molecule has 0 atom stereocenters. The number of piperidine rings is 1. The highest BCUT2D eigenvalue weighted by molar-refractivity contribution is 5.78. The van der Waals surface area contributed by atoms with E-state index in [1.165, 1.54) is 6.42 Å². The Morgan fingerprint density at radius 3 is 2.38 bits per heavy atom. The van der Waals surface area contributed by atoms with Gasteiger partial charge < -0.3 is 15.4 Å². The molecule has 3 rings (SSSR count). The van der Waals surface area contributed by atoms with Crippen molar-refractivity contribution in [1.82, 2.24) is 4.90 Å². The topological polar surface area (TPSA) is 55.6 Å². The van der Waals surface area contributed by atoms with Crippen molar-refractivity contribution in [3.8, 4) is 11.1 Å². The first-order valence-corrected chi connectivity index (χ1v) is 8.25. The van der Waals surface area contributed by atoms with Gasteiger partial charge in [-0.2, -0.15) is 0 Å². The van der Waals surface area contributed by atoms with E-state index in [9.17, 15) is 4.79 Å². The molecule has 1 fully saturated rings. The van der Waals surface area contributed by atoms with Crippen LogP contribution in [0.25, 0.3) is 16.9 Å². The number of amides is 1. The van der Waals surface area contributed by atoms with Crippen LogP contribution in [0.4, 0.5) is 10.5 Å². The molecule has 1 heterocycles. The van der Waals surface area contributed by atoms with E-state index >= 15 is 0 Å². The van der Waals surface area contributed by atoms with Crippen LogP contribution in [0.2, 0.25) is 0 Å². The first-order valence-electron chi connectivity index (χ1n) is 8.25. The number of ether oxygens (including phenoxy) is 1. The molecule has 1 aliphatic rings. The van der Waals surface area contributed by atoms with E-state index in [0.717, 1.165) is 42.6 Å². The van der Waals surface area contributed by atoms with Crippen LogP contribution in [0.3, 0.4) is 0 Å². The molecule has 2 aromatic carbocycles. The lowest BCUT2D eigenvalue weighted by Gasteiger charge is -2.26. The van der Waals surface area contributed by atoms with Crippen molar-refractivity contribution in [3.05, 3.63) is 60.7 Å². The lowest BCUT2D eigenvalue weighted by Crippen LogP contribution is -2.35. The van der Waals surface area contributed by atoms with Crippen LogP contribution in [0.5, 0.6) is 0 Å². The summed E-state index contributed by atoms with van der Waals surface area (Å²) in [5.74, 6) is 0.372. The van der Waals surface area contributed by atoms with Gasteiger partial charge in [0.15, 0.2) is 0 Å². The predicted octanol–water partition coefficient (Wildman–Crippen LogP) is 4.53. The van der Waals surface area contributed by atoms with Gasteiger partial charge in [0, 0.05) is 24.3 Å². The third kappa shape index (κ3) is 3.77. The molecule has 0 spiro atoms. The molecule has 0 aliphatic carbocycles. The molecule has 0 saturated carbocycles. The zero-order valence-electron chi connectivity index (χ0n) is 13.7. The zero-order valence-corrected chi connectivity index (χ0v) is 13.7. The number of carbonyl (C=O) groups is 1. The summed E-state index contributed by atoms with van der Waals surface area (Å²) in [6.45, 7) is 5.44. The van der Waals surface area contributed by atoms with Gasteiger partial charge in [-0.05, 0) is 48.6 Å². The number of nitrogen functional groups attached to an aromatic ring is 1. The molecular weight excluding hydrogens is 300 g/mol. The minimum absolute atomic E-state index is 0.311. The first kappa shape index (κ1) is 16.1. The van der Waals surface area contributed by atoms with Crippen LogP contribution in [0, 0.1) is 0 Å². The van der Waals surface area contributed by atoms with E-state index in [4.69, 9.17) is 10.5 Å². The number of hydrogen-bond acceptors (Lipinski definition) is 3. The second-order valence-electron chi connectivity index (χ2n) is 6.05. The summed E-state index contributed by atoms with van der Waals surface area (Å²) in [5, 5.41) is 0. The van der Waals surface area contributed by atoms with Gasteiger partial charge in [-0.3, -0.25) is 0 Å². The molecule has 4 heteroatoms. The molecule has 1 aliphatic heterocycles. The van der Waals surface area contributed by atoms with E-state index in [0.29, 0.717) is 11.4 Å². The Morgan fingerprint density at radius 2 is 1.67 bits per heavy atom. The van der Waals surface area contributed by atoms with Crippen molar-refractivity contribution in [2.24, 2.45) is 0 Å². The summed E-state index contributed by atoms with van der Waals surface area (Å²) in [6, 6.07) is 15.5. The summed E-state index contributed by atoms with van der Waals surface area (Å²) in [5.41, 5.74) is 9.39. The monoisotopic (exact) mass is 322 g/mol. The first-order chi connectivity index (χ1) is 11.6. The summed E-state index contributed by atoms with van der Waals surface area (Å²) < 4.78 is 5.46. The Balaban J connectivity index is 1.73. The third-order valence-corrected chi connectivity index (χ3v) is 4.23. The van der Waals surface area contributed by atoms with Crippen molar-refractivity contribution in [2.45, 2.75) is 19.3 Å². The van der Waals surface area contributed by atoms with Gasteiger partial charge in [-0.15, -0.1) is 0 Å². The summed E-state index contributed by atoms with van der Waals surface area (Å²) in [6.07, 6.45) is 2.93. The number of rotatable bonds is 3. The number of likely N-dealkylation sites (tertiary alicyclic amines) is 1. The van der Waals surface area contributed by atoms with Gasteiger partial charge in [0.1, 0.15) is 5.76 Å². The lowest BCUT2D eigenvalue weighted by molar-refractivity contribution is 0.134. The van der Waals surface area contributed by atoms with Crippen molar-refractivity contribution in [3.63, 3.8) is 0 Å². The van der Waals surface area contributed by atoms with Crippen LogP contribution in [-0.4, -0.2) is 24.1 Å². The Bertz CT molecular complexity index is 749. The standard InChI is InChI=1S/C20H22N2O2/c1-15(24-20(23)22-11-3-2-4-12-22)16-7-5-8-17(13-16)18-9-6-10-19(21)14-18/h5-10,13-14H,1-4,11-12,21H2. The van der Waals surface area contributed by atoms with E-state index in [1.807, 2.05) is 48.5 Å². The Hall–Kier alpha value is -2.75. The highest BCUT2D eigenvalue weighted by Gasteiger charge is 2.19. The lowest BCUT2D eigenvalue weighted by atomic mass is 10.0. The summed E-state index contributed by atoms with van der Waals surface area (Å²) in [4.78, 5) is 14.0. The average Bonchev–Trinajstić information content (AvgIpc) is 2.62. The summed E-state index contributed by atoms with van der Waals surface area (Å²) in [7, 11) is 0. The number of nitrogens with two attached hydrogens (primary N) is 1. The third-order valence-electron chi connectivity index (χ3n) is 4.23. The van der Waals surface area contributed by atoms with Gasteiger partial charge in [0.2, 0.25) is 0 Å². The van der Waals surface area contributed by atoms with Gasteiger partial charge in [0.25, 0.3) is 0 Å². The fourth-order valence-corrected chi connectivity index (χ4v) is 2.90. The minimum atomic E-state index is -0.311. The SMILES string of the molecule is C=C(OC(=O)N1CCCCC1)c1cccc(-c2cccc(N)c2)c1. The minimum Gasteiger partial charge on any atom is -0.410 e. The highest BCUT2D eigenvalue weighted by Crippen LogP contribution is 2.25. The Morgan fingerprint density at radius 1 is 1.00 bits per heavy atom. The number of nitrogens with zero attached hydrogens (tertiary/aromatic N) is 1. The van der Waals surface area contributed by atoms with Crippen LogP contribution in [0.15, 0.2) is 55.1 Å². The van der Waals surface area contributed by atoms with Crippen LogP contribution in [0.1, 0.15) is 24.8 Å². The zero-order chi connectivity index (χ0) is 16.9. The van der Waals surface area contributed by atoms with Crippen LogP contribution >= 0.6 is 0 Å². The quantitative estimate of drug-likeness (QED) is 0.667. The number of anilines is 1. The van der Waals surface area contributed by atoms with Gasteiger partial charge in [-0.1, -0.05) is 36.9 Å². The average molecular weight is 322 g/mol. The molecule has 4 nitrogen and oxygen atoms in total. The van der Waals surface area contributed by atoms with Crippen molar-refractivity contribution in [1.29, 1.82) is 0 Å². The maximum absolute atomic E-state index is 12.2. The van der Waals surface area contributed by atoms with Gasteiger partial charge in [-0.25, -0.2) is 4.79 Å². The van der Waals surface area contributed by atoms with Crippen molar-refractivity contribution in [2.75, 3.05) is 18.8 Å². The van der Waals surface area contributed by atoms with Gasteiger partial charge >= 0.3 is 6.09 Å². The molecule has 0 aromatic heterocycles. The van der Waals surface area contributed by atoms with E-state index in [1.54, 1.807) is 4.90 Å². The molecule has 0 unspecified atom stereocenters. The van der Waals surface area contributed by atoms with Crippen molar-refractivity contribution < 1.29 is 9.53 Å².